The first-order valence-corrected chi connectivity index (χ1v) is 9.11. The van der Waals surface area contributed by atoms with Crippen molar-refractivity contribution < 1.29 is 14.6 Å². The molecule has 0 radical (unpaired) electrons. The molecule has 1 saturated heterocycles. The van der Waals surface area contributed by atoms with Crippen LogP contribution >= 0.6 is 0 Å². The number of fused-ring (bicyclic) bond motifs is 1. The molecule has 2 aliphatic heterocycles. The number of aliphatic hydroxyl groups excluding tert-OH is 1. The fourth-order valence-corrected chi connectivity index (χ4v) is 3.54. The molecule has 2 aliphatic rings. The van der Waals surface area contributed by atoms with Gasteiger partial charge in [-0.2, -0.15) is 0 Å². The molecule has 0 bridgehead atoms. The third-order valence-electron chi connectivity index (χ3n) is 4.82. The molecule has 2 aromatic rings. The van der Waals surface area contributed by atoms with Crippen molar-refractivity contribution in [3.05, 3.63) is 66.4 Å². The van der Waals surface area contributed by atoms with E-state index in [9.17, 15) is 9.90 Å². The highest BCUT2D eigenvalue weighted by Gasteiger charge is 2.43. The molecule has 4 rings (SSSR count). The summed E-state index contributed by atoms with van der Waals surface area (Å²) in [5.74, 6) is 0.731. The lowest BCUT2D eigenvalue weighted by Crippen LogP contribution is -2.61. The quantitative estimate of drug-likeness (QED) is 0.752. The molecular weight excluding hydrogens is 342 g/mol. The second-order valence-corrected chi connectivity index (χ2v) is 6.86. The summed E-state index contributed by atoms with van der Waals surface area (Å²) in [6.07, 6.45) is 1.54. The first-order chi connectivity index (χ1) is 13.1. The van der Waals surface area contributed by atoms with Gasteiger partial charge < -0.3 is 20.1 Å². The van der Waals surface area contributed by atoms with Crippen LogP contribution in [0.3, 0.4) is 0 Å². The number of anilines is 1. The van der Waals surface area contributed by atoms with Gasteiger partial charge in [0.25, 0.3) is 0 Å². The minimum absolute atomic E-state index is 0.0192. The van der Waals surface area contributed by atoms with Gasteiger partial charge in [0.05, 0.1) is 18.8 Å². The molecule has 0 aromatic heterocycles. The predicted octanol–water partition coefficient (Wildman–Crippen LogP) is 1.72. The number of rotatable bonds is 5. The maximum absolute atomic E-state index is 12.6. The Kier molecular flexibility index (Phi) is 4.83. The van der Waals surface area contributed by atoms with E-state index in [1.165, 1.54) is 0 Å². The summed E-state index contributed by atoms with van der Waals surface area (Å²) in [6.45, 7) is 2.40. The van der Waals surface area contributed by atoms with Gasteiger partial charge in [-0.05, 0) is 42.3 Å². The van der Waals surface area contributed by atoms with Crippen molar-refractivity contribution in [2.24, 2.45) is 0 Å². The zero-order valence-electron chi connectivity index (χ0n) is 15.1. The van der Waals surface area contributed by atoms with Crippen molar-refractivity contribution in [3.63, 3.8) is 0 Å². The SMILES string of the molecule is C[C@H](O)COc1ccc(C2=CN(c3ccccc3)C3C(=O)NCNC23)cc1. The van der Waals surface area contributed by atoms with Crippen molar-refractivity contribution in [2.75, 3.05) is 18.2 Å². The molecule has 0 saturated carbocycles. The van der Waals surface area contributed by atoms with Crippen LogP contribution in [0.15, 0.2) is 60.8 Å². The van der Waals surface area contributed by atoms with Gasteiger partial charge in [0, 0.05) is 11.9 Å². The fourth-order valence-electron chi connectivity index (χ4n) is 3.54. The average molecular weight is 365 g/mol. The van der Waals surface area contributed by atoms with E-state index in [0.717, 1.165) is 16.8 Å². The molecule has 0 aliphatic carbocycles. The van der Waals surface area contributed by atoms with Gasteiger partial charge in [-0.25, -0.2) is 0 Å². The molecule has 3 atom stereocenters. The molecule has 3 N–H and O–H groups in total. The third kappa shape index (κ3) is 3.54. The summed E-state index contributed by atoms with van der Waals surface area (Å²) in [5, 5.41) is 15.6. The smallest absolute Gasteiger partial charge is 0.246 e. The maximum Gasteiger partial charge on any atom is 0.246 e. The normalized spacial score (nSPS) is 22.7. The Bertz CT molecular complexity index is 834. The van der Waals surface area contributed by atoms with Crippen LogP contribution in [0.4, 0.5) is 5.69 Å². The van der Waals surface area contributed by atoms with Crippen LogP contribution in [0, 0.1) is 0 Å². The zero-order valence-corrected chi connectivity index (χ0v) is 15.1. The van der Waals surface area contributed by atoms with Crippen molar-refractivity contribution >= 4 is 17.2 Å². The summed E-state index contributed by atoms with van der Waals surface area (Å²) in [6, 6.07) is 17.3. The van der Waals surface area contributed by atoms with Crippen molar-refractivity contribution in [2.45, 2.75) is 25.1 Å². The highest BCUT2D eigenvalue weighted by molar-refractivity contribution is 5.95. The number of para-hydroxylation sites is 1. The molecule has 6 nitrogen and oxygen atoms in total. The summed E-state index contributed by atoms with van der Waals surface area (Å²) >= 11 is 0. The van der Waals surface area contributed by atoms with Gasteiger partial charge in [-0.1, -0.05) is 30.3 Å². The van der Waals surface area contributed by atoms with Gasteiger partial charge in [0.1, 0.15) is 18.4 Å². The largest absolute Gasteiger partial charge is 0.491 e. The Morgan fingerprint density at radius 1 is 1.19 bits per heavy atom. The Hall–Kier alpha value is -2.83. The summed E-state index contributed by atoms with van der Waals surface area (Å²) in [4.78, 5) is 14.6. The lowest BCUT2D eigenvalue weighted by molar-refractivity contribution is -0.123. The molecule has 2 heterocycles. The molecule has 0 spiro atoms. The second kappa shape index (κ2) is 7.42. The molecule has 1 fully saturated rings. The Morgan fingerprint density at radius 2 is 1.93 bits per heavy atom. The van der Waals surface area contributed by atoms with Crippen LogP contribution in [0.1, 0.15) is 12.5 Å². The fraction of sp³-hybridized carbons (Fsp3) is 0.286. The Labute approximate surface area is 158 Å². The van der Waals surface area contributed by atoms with E-state index in [1.807, 2.05) is 65.7 Å². The van der Waals surface area contributed by atoms with E-state index in [4.69, 9.17) is 4.74 Å². The van der Waals surface area contributed by atoms with Gasteiger partial charge in [0.15, 0.2) is 0 Å². The highest BCUT2D eigenvalue weighted by atomic mass is 16.5. The number of amides is 1. The summed E-state index contributed by atoms with van der Waals surface area (Å²) in [7, 11) is 0. The number of hydrogen-bond donors (Lipinski definition) is 3. The standard InChI is InChI=1S/C21H23N3O3/c1-14(25)12-27-17-9-7-15(8-10-17)18-11-24(16-5-3-2-4-6-16)20-19(18)22-13-23-21(20)26/h2-11,14,19-20,22,25H,12-13H2,1H3,(H,23,26)/t14-,19?,20?/m0/s1. The van der Waals surface area contributed by atoms with Crippen LogP contribution in [0.5, 0.6) is 5.75 Å². The second-order valence-electron chi connectivity index (χ2n) is 6.86. The molecule has 2 aromatic carbocycles. The highest BCUT2D eigenvalue weighted by Crippen LogP contribution is 2.35. The first-order valence-electron chi connectivity index (χ1n) is 9.11. The number of nitrogens with zero attached hydrogens (tertiary/aromatic N) is 1. The van der Waals surface area contributed by atoms with E-state index in [0.29, 0.717) is 12.4 Å². The van der Waals surface area contributed by atoms with Crippen LogP contribution in [0.2, 0.25) is 0 Å². The molecule has 140 valence electrons. The van der Waals surface area contributed by atoms with Crippen LogP contribution in [-0.2, 0) is 4.79 Å². The number of carbonyl (C=O) groups is 1. The maximum atomic E-state index is 12.6. The summed E-state index contributed by atoms with van der Waals surface area (Å²) < 4.78 is 5.54. The Balaban J connectivity index is 1.63. The number of carbonyl (C=O) groups excluding carboxylic acids is 1. The number of ether oxygens (including phenoxy) is 1. The van der Waals surface area contributed by atoms with Crippen LogP contribution in [0.25, 0.3) is 5.57 Å². The first kappa shape index (κ1) is 17.6. The van der Waals surface area contributed by atoms with Crippen LogP contribution < -0.4 is 20.3 Å². The molecule has 1 amide bonds. The number of nitrogens with one attached hydrogen (secondary N) is 2. The van der Waals surface area contributed by atoms with Crippen molar-refractivity contribution in [1.82, 2.24) is 10.6 Å². The van der Waals surface area contributed by atoms with E-state index < -0.39 is 6.10 Å². The van der Waals surface area contributed by atoms with E-state index in [-0.39, 0.29) is 24.6 Å². The minimum Gasteiger partial charge on any atom is -0.491 e. The third-order valence-corrected chi connectivity index (χ3v) is 4.82. The molecule has 2 unspecified atom stereocenters. The number of aliphatic hydroxyl groups is 1. The van der Waals surface area contributed by atoms with Gasteiger partial charge in [-0.15, -0.1) is 0 Å². The topological polar surface area (TPSA) is 73.8 Å². The van der Waals surface area contributed by atoms with Crippen LogP contribution in [-0.4, -0.2) is 42.5 Å². The summed E-state index contributed by atoms with van der Waals surface area (Å²) in [5.41, 5.74) is 3.09. The average Bonchev–Trinajstić information content (AvgIpc) is 3.08. The minimum atomic E-state index is -0.507. The van der Waals surface area contributed by atoms with Crippen molar-refractivity contribution in [1.29, 1.82) is 0 Å². The lowest BCUT2D eigenvalue weighted by Gasteiger charge is -2.33. The lowest BCUT2D eigenvalue weighted by atomic mass is 9.95. The van der Waals surface area contributed by atoms with E-state index in [2.05, 4.69) is 10.6 Å². The van der Waals surface area contributed by atoms with Crippen molar-refractivity contribution in [3.8, 4) is 5.75 Å². The predicted molar refractivity (Wildman–Crippen MR) is 104 cm³/mol. The number of hydrogen-bond acceptors (Lipinski definition) is 5. The van der Waals surface area contributed by atoms with Gasteiger partial charge in [-0.3, -0.25) is 10.1 Å². The molecular formula is C21H23N3O3. The van der Waals surface area contributed by atoms with Gasteiger partial charge >= 0.3 is 0 Å². The molecule has 6 heteroatoms. The zero-order chi connectivity index (χ0) is 18.8. The molecule has 27 heavy (non-hydrogen) atoms. The van der Waals surface area contributed by atoms with E-state index in [1.54, 1.807) is 6.92 Å². The van der Waals surface area contributed by atoms with Gasteiger partial charge in [0.2, 0.25) is 5.91 Å². The Morgan fingerprint density at radius 3 is 2.63 bits per heavy atom. The number of benzene rings is 2. The van der Waals surface area contributed by atoms with E-state index >= 15 is 0 Å². The monoisotopic (exact) mass is 365 g/mol.